The minimum atomic E-state index is -0.484. The van der Waals surface area contributed by atoms with Crippen LogP contribution in [0.1, 0.15) is 18.4 Å². The highest BCUT2D eigenvalue weighted by atomic mass is 79.9. The average Bonchev–Trinajstić information content (AvgIpc) is 2.63. The van der Waals surface area contributed by atoms with Gasteiger partial charge in [-0.1, -0.05) is 28.1 Å². The molecule has 1 aromatic carbocycles. The summed E-state index contributed by atoms with van der Waals surface area (Å²) in [6, 6.07) is 8.29. The van der Waals surface area contributed by atoms with E-state index in [9.17, 15) is 5.11 Å². The second kappa shape index (κ2) is 4.64. The Morgan fingerprint density at radius 3 is 3.00 bits per heavy atom. The predicted molar refractivity (Wildman–Crippen MR) is 64.9 cm³/mol. The number of hydrogen-bond acceptors (Lipinski definition) is 2. The van der Waals surface area contributed by atoms with Crippen molar-refractivity contribution in [2.75, 3.05) is 13.1 Å². The highest BCUT2D eigenvalue weighted by Gasteiger charge is 2.30. The normalized spacial score (nSPS) is 25.7. The number of benzene rings is 1. The van der Waals surface area contributed by atoms with Crippen LogP contribution in [0.5, 0.6) is 0 Å². The van der Waals surface area contributed by atoms with E-state index >= 15 is 0 Å². The lowest BCUT2D eigenvalue weighted by Crippen LogP contribution is -2.31. The molecule has 0 aromatic heterocycles. The molecule has 0 spiro atoms. The maximum atomic E-state index is 10.1. The molecule has 0 aliphatic carbocycles. The Labute approximate surface area is 98.8 Å². The van der Waals surface area contributed by atoms with E-state index in [1.165, 1.54) is 5.56 Å². The summed E-state index contributed by atoms with van der Waals surface area (Å²) in [6.07, 6.45) is 2.66. The number of hydrogen-bond donors (Lipinski definition) is 2. The number of rotatable bonds is 3. The van der Waals surface area contributed by atoms with E-state index in [-0.39, 0.29) is 0 Å². The highest BCUT2D eigenvalue weighted by molar-refractivity contribution is 9.10. The quantitative estimate of drug-likeness (QED) is 0.881. The van der Waals surface area contributed by atoms with Crippen LogP contribution in [0.25, 0.3) is 0 Å². The van der Waals surface area contributed by atoms with Gasteiger partial charge >= 0.3 is 0 Å². The van der Waals surface area contributed by atoms with Gasteiger partial charge in [0.25, 0.3) is 0 Å². The fourth-order valence-corrected chi connectivity index (χ4v) is 2.46. The van der Waals surface area contributed by atoms with Gasteiger partial charge in [-0.3, -0.25) is 0 Å². The fourth-order valence-electron chi connectivity index (χ4n) is 2.01. The van der Waals surface area contributed by atoms with Crippen LogP contribution in [-0.4, -0.2) is 23.8 Å². The third-order valence-electron chi connectivity index (χ3n) is 2.99. The first-order valence-corrected chi connectivity index (χ1v) is 6.15. The lowest BCUT2D eigenvalue weighted by molar-refractivity contribution is 0.0526. The molecule has 1 heterocycles. The number of aliphatic hydroxyl groups is 1. The molecule has 1 atom stereocenters. The van der Waals surface area contributed by atoms with E-state index in [1.807, 2.05) is 12.1 Å². The van der Waals surface area contributed by atoms with E-state index < -0.39 is 5.60 Å². The van der Waals surface area contributed by atoms with Crippen molar-refractivity contribution in [1.82, 2.24) is 5.32 Å². The van der Waals surface area contributed by atoms with Gasteiger partial charge in [0.1, 0.15) is 0 Å². The molecule has 15 heavy (non-hydrogen) atoms. The summed E-state index contributed by atoms with van der Waals surface area (Å²) in [5.74, 6) is 0. The molecule has 0 amide bonds. The molecule has 1 unspecified atom stereocenters. The molecule has 82 valence electrons. The zero-order valence-electron chi connectivity index (χ0n) is 8.67. The van der Waals surface area contributed by atoms with Crippen LogP contribution in [0.3, 0.4) is 0 Å². The van der Waals surface area contributed by atoms with Gasteiger partial charge in [0, 0.05) is 11.0 Å². The Morgan fingerprint density at radius 2 is 2.33 bits per heavy atom. The summed E-state index contributed by atoms with van der Waals surface area (Å²) >= 11 is 3.45. The van der Waals surface area contributed by atoms with Crippen molar-refractivity contribution in [2.45, 2.75) is 24.9 Å². The van der Waals surface area contributed by atoms with Gasteiger partial charge in [-0.25, -0.2) is 0 Å². The van der Waals surface area contributed by atoms with E-state index in [0.29, 0.717) is 0 Å². The largest absolute Gasteiger partial charge is 0.389 e. The SMILES string of the molecule is OC1(CCc2cccc(Br)c2)CCNC1. The van der Waals surface area contributed by atoms with Gasteiger partial charge < -0.3 is 10.4 Å². The topological polar surface area (TPSA) is 32.3 Å². The van der Waals surface area contributed by atoms with E-state index in [4.69, 9.17) is 0 Å². The molecular weight excluding hydrogens is 254 g/mol. The van der Waals surface area contributed by atoms with Crippen molar-refractivity contribution in [3.63, 3.8) is 0 Å². The smallest absolute Gasteiger partial charge is 0.0786 e. The molecule has 1 saturated heterocycles. The van der Waals surface area contributed by atoms with Crippen molar-refractivity contribution in [3.8, 4) is 0 Å². The van der Waals surface area contributed by atoms with Crippen LogP contribution >= 0.6 is 15.9 Å². The summed E-state index contributed by atoms with van der Waals surface area (Å²) in [4.78, 5) is 0. The number of β-amino-alcohol motifs (C(OH)–C–C–N with tert-alkyl or cyclic N) is 1. The Hall–Kier alpha value is -0.380. The van der Waals surface area contributed by atoms with Crippen LogP contribution < -0.4 is 5.32 Å². The molecule has 0 bridgehead atoms. The van der Waals surface area contributed by atoms with Gasteiger partial charge in [-0.05, 0) is 43.5 Å². The molecule has 1 fully saturated rings. The molecule has 2 rings (SSSR count). The third kappa shape index (κ3) is 3.03. The summed E-state index contributed by atoms with van der Waals surface area (Å²) in [7, 11) is 0. The molecule has 3 heteroatoms. The Bertz CT molecular complexity index is 334. The Morgan fingerprint density at radius 1 is 1.47 bits per heavy atom. The first kappa shape index (κ1) is 11.1. The van der Waals surface area contributed by atoms with Crippen molar-refractivity contribution in [2.24, 2.45) is 0 Å². The zero-order valence-corrected chi connectivity index (χ0v) is 10.3. The molecule has 2 nitrogen and oxygen atoms in total. The van der Waals surface area contributed by atoms with Gasteiger partial charge in [-0.2, -0.15) is 0 Å². The molecule has 0 saturated carbocycles. The Balaban J connectivity index is 1.92. The van der Waals surface area contributed by atoms with Crippen LogP contribution in [-0.2, 0) is 6.42 Å². The van der Waals surface area contributed by atoms with Gasteiger partial charge in [0.2, 0.25) is 0 Å². The van der Waals surface area contributed by atoms with Crippen LogP contribution in [0.15, 0.2) is 28.7 Å². The Kier molecular flexibility index (Phi) is 3.44. The van der Waals surface area contributed by atoms with Gasteiger partial charge in [0.15, 0.2) is 0 Å². The van der Waals surface area contributed by atoms with E-state index in [0.717, 1.165) is 36.8 Å². The van der Waals surface area contributed by atoms with E-state index in [1.54, 1.807) is 0 Å². The van der Waals surface area contributed by atoms with Crippen molar-refractivity contribution < 1.29 is 5.11 Å². The molecule has 1 aromatic rings. The molecule has 1 aliphatic rings. The number of halogens is 1. The van der Waals surface area contributed by atoms with Gasteiger partial charge in [-0.15, -0.1) is 0 Å². The standard InChI is InChI=1S/C12H16BrNO/c13-11-3-1-2-10(8-11)4-5-12(15)6-7-14-9-12/h1-3,8,14-15H,4-7,9H2. The molecular formula is C12H16BrNO. The molecule has 1 aliphatic heterocycles. The van der Waals surface area contributed by atoms with Crippen LogP contribution in [0.2, 0.25) is 0 Å². The van der Waals surface area contributed by atoms with Crippen LogP contribution in [0, 0.1) is 0 Å². The van der Waals surface area contributed by atoms with Crippen molar-refractivity contribution in [1.29, 1.82) is 0 Å². The lowest BCUT2D eigenvalue weighted by atomic mass is 9.94. The van der Waals surface area contributed by atoms with E-state index in [2.05, 4.69) is 33.4 Å². The molecule has 0 radical (unpaired) electrons. The number of nitrogens with one attached hydrogen (secondary N) is 1. The fraction of sp³-hybridized carbons (Fsp3) is 0.500. The summed E-state index contributed by atoms with van der Waals surface area (Å²) in [5, 5.41) is 13.3. The zero-order chi connectivity index (χ0) is 10.7. The monoisotopic (exact) mass is 269 g/mol. The first-order valence-electron chi connectivity index (χ1n) is 5.36. The summed E-state index contributed by atoms with van der Waals surface area (Å²) in [6.45, 7) is 1.68. The summed E-state index contributed by atoms with van der Waals surface area (Å²) < 4.78 is 1.11. The minimum absolute atomic E-state index is 0.484. The van der Waals surface area contributed by atoms with Crippen molar-refractivity contribution in [3.05, 3.63) is 34.3 Å². The van der Waals surface area contributed by atoms with Crippen molar-refractivity contribution >= 4 is 15.9 Å². The third-order valence-corrected chi connectivity index (χ3v) is 3.48. The van der Waals surface area contributed by atoms with Gasteiger partial charge in [0.05, 0.1) is 5.60 Å². The number of aryl methyl sites for hydroxylation is 1. The van der Waals surface area contributed by atoms with Crippen LogP contribution in [0.4, 0.5) is 0 Å². The maximum Gasteiger partial charge on any atom is 0.0786 e. The molecule has 2 N–H and O–H groups in total. The second-order valence-electron chi connectivity index (χ2n) is 4.28. The predicted octanol–water partition coefficient (Wildman–Crippen LogP) is 2.11. The second-order valence-corrected chi connectivity index (χ2v) is 5.20. The highest BCUT2D eigenvalue weighted by Crippen LogP contribution is 2.22. The maximum absolute atomic E-state index is 10.1. The average molecular weight is 270 g/mol. The first-order chi connectivity index (χ1) is 7.18. The summed E-state index contributed by atoms with van der Waals surface area (Å²) in [5.41, 5.74) is 0.798. The minimum Gasteiger partial charge on any atom is -0.389 e. The lowest BCUT2D eigenvalue weighted by Gasteiger charge is -2.20.